The third-order valence-electron chi connectivity index (χ3n) is 4.07. The summed E-state index contributed by atoms with van der Waals surface area (Å²) in [4.78, 5) is 15.9. The van der Waals surface area contributed by atoms with E-state index in [1.54, 1.807) is 6.92 Å². The third kappa shape index (κ3) is 2.97. The zero-order valence-electron chi connectivity index (χ0n) is 10.5. The summed E-state index contributed by atoms with van der Waals surface area (Å²) in [6, 6.07) is 0.744. The highest BCUT2D eigenvalue weighted by Gasteiger charge is 2.25. The van der Waals surface area contributed by atoms with Crippen molar-refractivity contribution >= 4 is 5.91 Å². The smallest absolute Gasteiger partial charge is 0.219 e. The Labute approximate surface area is 98.8 Å². The maximum absolute atomic E-state index is 11.2. The van der Waals surface area contributed by atoms with Crippen LogP contribution in [0, 0.1) is 0 Å². The number of hydrogen-bond acceptors (Lipinski definition) is 2. The molecule has 3 heteroatoms. The summed E-state index contributed by atoms with van der Waals surface area (Å²) in [7, 11) is 0. The fourth-order valence-electron chi connectivity index (χ4n) is 3.01. The number of likely N-dealkylation sites (tertiary alicyclic amines) is 2. The molecule has 1 amide bonds. The normalized spacial score (nSPS) is 25.4. The molecule has 0 radical (unpaired) electrons. The molecule has 0 atom stereocenters. The van der Waals surface area contributed by atoms with Crippen LogP contribution in [-0.4, -0.2) is 47.9 Å². The lowest BCUT2D eigenvalue weighted by Crippen LogP contribution is -2.46. The lowest BCUT2D eigenvalue weighted by Gasteiger charge is -2.37. The zero-order valence-corrected chi connectivity index (χ0v) is 10.5. The highest BCUT2D eigenvalue weighted by atomic mass is 16.2. The van der Waals surface area contributed by atoms with E-state index >= 15 is 0 Å². The minimum absolute atomic E-state index is 0.245. The summed E-state index contributed by atoms with van der Waals surface area (Å²) in [5.74, 6) is 0.245. The Hall–Kier alpha value is -0.570. The van der Waals surface area contributed by atoms with Crippen LogP contribution in [0.2, 0.25) is 0 Å². The minimum Gasteiger partial charge on any atom is -0.343 e. The quantitative estimate of drug-likeness (QED) is 0.679. The number of hydrogen-bond donors (Lipinski definition) is 0. The molecule has 0 aromatic heterocycles. The zero-order chi connectivity index (χ0) is 11.4. The number of rotatable bonds is 1. The van der Waals surface area contributed by atoms with Gasteiger partial charge in [0.15, 0.2) is 0 Å². The van der Waals surface area contributed by atoms with Crippen LogP contribution >= 0.6 is 0 Å². The van der Waals surface area contributed by atoms with E-state index in [0.717, 1.165) is 19.1 Å². The van der Waals surface area contributed by atoms with Crippen LogP contribution < -0.4 is 0 Å². The molecule has 3 nitrogen and oxygen atoms in total. The van der Waals surface area contributed by atoms with Gasteiger partial charge in [-0.2, -0.15) is 0 Å². The SMILES string of the molecule is CC(=O)N1CCC(N2CCCCCC2)CC1. The molecule has 0 N–H and O–H groups in total. The van der Waals surface area contributed by atoms with Crippen molar-refractivity contribution < 1.29 is 4.79 Å². The second-order valence-corrected chi connectivity index (χ2v) is 5.19. The molecule has 2 heterocycles. The Bertz CT molecular complexity index is 226. The largest absolute Gasteiger partial charge is 0.343 e. The van der Waals surface area contributed by atoms with Crippen LogP contribution in [-0.2, 0) is 4.79 Å². The average Bonchev–Trinajstić information content (AvgIpc) is 2.57. The van der Waals surface area contributed by atoms with Gasteiger partial charge in [-0.1, -0.05) is 12.8 Å². The summed E-state index contributed by atoms with van der Waals surface area (Å²) in [6.07, 6.45) is 7.91. The second-order valence-electron chi connectivity index (χ2n) is 5.19. The number of nitrogens with zero attached hydrogens (tertiary/aromatic N) is 2. The molecule has 2 fully saturated rings. The van der Waals surface area contributed by atoms with Crippen LogP contribution in [0.15, 0.2) is 0 Å². The Morgan fingerprint density at radius 2 is 1.50 bits per heavy atom. The molecule has 2 aliphatic rings. The number of amides is 1. The van der Waals surface area contributed by atoms with E-state index in [2.05, 4.69) is 4.90 Å². The molecular weight excluding hydrogens is 200 g/mol. The van der Waals surface area contributed by atoms with Crippen molar-refractivity contribution in [2.75, 3.05) is 26.2 Å². The molecule has 0 unspecified atom stereocenters. The van der Waals surface area contributed by atoms with Gasteiger partial charge in [-0.15, -0.1) is 0 Å². The first-order chi connectivity index (χ1) is 7.77. The van der Waals surface area contributed by atoms with Gasteiger partial charge in [-0.25, -0.2) is 0 Å². The predicted molar refractivity (Wildman–Crippen MR) is 65.3 cm³/mol. The molecular formula is C13H24N2O. The van der Waals surface area contributed by atoms with Gasteiger partial charge in [0.25, 0.3) is 0 Å². The van der Waals surface area contributed by atoms with Gasteiger partial charge in [0, 0.05) is 26.1 Å². The first-order valence-corrected chi connectivity index (χ1v) is 6.77. The van der Waals surface area contributed by atoms with E-state index < -0.39 is 0 Å². The van der Waals surface area contributed by atoms with Crippen LogP contribution in [0.1, 0.15) is 45.4 Å². The van der Waals surface area contributed by atoms with E-state index in [9.17, 15) is 4.79 Å². The Morgan fingerprint density at radius 1 is 0.938 bits per heavy atom. The Balaban J connectivity index is 1.81. The molecule has 0 aromatic rings. The molecule has 0 aliphatic carbocycles. The van der Waals surface area contributed by atoms with Gasteiger partial charge >= 0.3 is 0 Å². The molecule has 0 bridgehead atoms. The van der Waals surface area contributed by atoms with E-state index in [0.29, 0.717) is 0 Å². The van der Waals surface area contributed by atoms with Crippen LogP contribution in [0.3, 0.4) is 0 Å². The first-order valence-electron chi connectivity index (χ1n) is 6.77. The van der Waals surface area contributed by atoms with Crippen LogP contribution in [0.25, 0.3) is 0 Å². The summed E-state index contributed by atoms with van der Waals surface area (Å²) >= 11 is 0. The fraction of sp³-hybridized carbons (Fsp3) is 0.923. The van der Waals surface area contributed by atoms with Crippen molar-refractivity contribution in [3.8, 4) is 0 Å². The van der Waals surface area contributed by atoms with Gasteiger partial charge in [-0.3, -0.25) is 4.79 Å². The van der Waals surface area contributed by atoms with Crippen molar-refractivity contribution in [3.05, 3.63) is 0 Å². The average molecular weight is 224 g/mol. The van der Waals surface area contributed by atoms with Gasteiger partial charge in [0.05, 0.1) is 0 Å². The van der Waals surface area contributed by atoms with Crippen LogP contribution in [0.5, 0.6) is 0 Å². The highest BCUT2D eigenvalue weighted by Crippen LogP contribution is 2.20. The number of piperidine rings is 1. The van der Waals surface area contributed by atoms with Crippen molar-refractivity contribution in [1.82, 2.24) is 9.80 Å². The lowest BCUT2D eigenvalue weighted by atomic mass is 10.0. The standard InChI is InChI=1S/C13H24N2O/c1-12(16)14-10-6-13(7-11-14)15-8-4-2-3-5-9-15/h13H,2-11H2,1H3. The topological polar surface area (TPSA) is 23.6 Å². The van der Waals surface area contributed by atoms with E-state index in [4.69, 9.17) is 0 Å². The van der Waals surface area contributed by atoms with Gasteiger partial charge < -0.3 is 9.80 Å². The maximum Gasteiger partial charge on any atom is 0.219 e. The molecule has 16 heavy (non-hydrogen) atoms. The Morgan fingerprint density at radius 3 is 2.00 bits per heavy atom. The van der Waals surface area contributed by atoms with Gasteiger partial charge in [0.2, 0.25) is 5.91 Å². The molecule has 2 rings (SSSR count). The molecule has 92 valence electrons. The van der Waals surface area contributed by atoms with Crippen molar-refractivity contribution in [3.63, 3.8) is 0 Å². The summed E-state index contributed by atoms with van der Waals surface area (Å²) in [5.41, 5.74) is 0. The van der Waals surface area contributed by atoms with Crippen molar-refractivity contribution in [2.45, 2.75) is 51.5 Å². The molecule has 0 saturated carbocycles. The molecule has 2 aliphatic heterocycles. The van der Waals surface area contributed by atoms with E-state index in [1.165, 1.54) is 51.6 Å². The monoisotopic (exact) mass is 224 g/mol. The predicted octanol–water partition coefficient (Wildman–Crippen LogP) is 1.87. The third-order valence-corrected chi connectivity index (χ3v) is 4.07. The summed E-state index contributed by atoms with van der Waals surface area (Å²) in [6.45, 7) is 6.19. The van der Waals surface area contributed by atoms with E-state index in [1.807, 2.05) is 4.90 Å². The number of carbonyl (C=O) groups excluding carboxylic acids is 1. The highest BCUT2D eigenvalue weighted by molar-refractivity contribution is 5.73. The number of carbonyl (C=O) groups is 1. The Kier molecular flexibility index (Phi) is 4.22. The minimum atomic E-state index is 0.245. The molecule has 0 aromatic carbocycles. The fourth-order valence-corrected chi connectivity index (χ4v) is 3.01. The second kappa shape index (κ2) is 5.67. The maximum atomic E-state index is 11.2. The van der Waals surface area contributed by atoms with Crippen molar-refractivity contribution in [2.24, 2.45) is 0 Å². The van der Waals surface area contributed by atoms with Gasteiger partial charge in [-0.05, 0) is 38.8 Å². The molecule has 0 spiro atoms. The van der Waals surface area contributed by atoms with E-state index in [-0.39, 0.29) is 5.91 Å². The van der Waals surface area contributed by atoms with Crippen molar-refractivity contribution in [1.29, 1.82) is 0 Å². The first kappa shape index (κ1) is 11.9. The van der Waals surface area contributed by atoms with Crippen LogP contribution in [0.4, 0.5) is 0 Å². The molecule has 2 saturated heterocycles. The lowest BCUT2D eigenvalue weighted by molar-refractivity contribution is -0.130. The summed E-state index contributed by atoms with van der Waals surface area (Å²) < 4.78 is 0. The summed E-state index contributed by atoms with van der Waals surface area (Å²) in [5, 5.41) is 0. The van der Waals surface area contributed by atoms with Gasteiger partial charge in [0.1, 0.15) is 0 Å².